The van der Waals surface area contributed by atoms with Gasteiger partial charge >= 0.3 is 5.69 Å². The molecule has 0 saturated heterocycles. The van der Waals surface area contributed by atoms with Crippen molar-refractivity contribution in [3.63, 3.8) is 0 Å². The Labute approximate surface area is 205 Å². The lowest BCUT2D eigenvalue weighted by molar-refractivity contribution is 0.737. The SMILES string of the molecule is Cc1[nH]c2cc(Cl)c(Cl)cc2c1-n1c(C#N)c(-c2c(CCCCN)[nH]c3ccccc23)[nH]c1=O. The van der Waals surface area contributed by atoms with Crippen molar-refractivity contribution in [2.24, 2.45) is 5.73 Å². The minimum Gasteiger partial charge on any atom is -0.358 e. The molecule has 7 nitrogen and oxygen atoms in total. The van der Waals surface area contributed by atoms with Crippen LogP contribution in [0.3, 0.4) is 0 Å². The van der Waals surface area contributed by atoms with Crippen molar-refractivity contribution in [2.75, 3.05) is 6.54 Å². The predicted octanol–water partition coefficient (Wildman–Crippen LogP) is 5.56. The van der Waals surface area contributed by atoms with Gasteiger partial charge in [-0.1, -0.05) is 41.4 Å². The van der Waals surface area contributed by atoms with Crippen LogP contribution in [0.15, 0.2) is 41.2 Å². The first kappa shape index (κ1) is 22.4. The summed E-state index contributed by atoms with van der Waals surface area (Å²) < 4.78 is 1.42. The molecule has 2 aromatic carbocycles. The first-order valence-corrected chi connectivity index (χ1v) is 11.7. The Kier molecular flexibility index (Phi) is 5.74. The summed E-state index contributed by atoms with van der Waals surface area (Å²) in [5.74, 6) is 0. The number of H-pyrrole nitrogens is 3. The second-order valence-corrected chi connectivity index (χ2v) is 9.10. The molecule has 5 N–H and O–H groups in total. The van der Waals surface area contributed by atoms with E-state index in [0.717, 1.165) is 52.6 Å². The van der Waals surface area contributed by atoms with Gasteiger partial charge in [0.2, 0.25) is 0 Å². The third-order valence-corrected chi connectivity index (χ3v) is 6.85. The van der Waals surface area contributed by atoms with Crippen LogP contribution < -0.4 is 11.4 Å². The lowest BCUT2D eigenvalue weighted by atomic mass is 10.0. The van der Waals surface area contributed by atoms with Crippen molar-refractivity contribution in [3.05, 3.63) is 74.0 Å². The molecule has 9 heteroatoms. The van der Waals surface area contributed by atoms with Crippen molar-refractivity contribution < 1.29 is 0 Å². The fraction of sp³-hybridized carbons (Fsp3) is 0.200. The maximum absolute atomic E-state index is 13.3. The molecule has 3 heterocycles. The third-order valence-electron chi connectivity index (χ3n) is 6.13. The molecule has 0 atom stereocenters. The molecule has 0 spiro atoms. The summed E-state index contributed by atoms with van der Waals surface area (Å²) in [6, 6.07) is 13.6. The number of aromatic nitrogens is 4. The summed E-state index contributed by atoms with van der Waals surface area (Å²) in [7, 11) is 0. The number of imidazole rings is 1. The number of nitriles is 1. The smallest absolute Gasteiger partial charge is 0.331 e. The number of nitrogens with two attached hydrogens (primary N) is 1. The van der Waals surface area contributed by atoms with E-state index in [9.17, 15) is 10.1 Å². The summed E-state index contributed by atoms with van der Waals surface area (Å²) in [6.45, 7) is 2.46. The van der Waals surface area contributed by atoms with E-state index in [-0.39, 0.29) is 5.69 Å². The standard InChI is InChI=1S/C25H22Cl2N6O/c1-13-24(15-10-16(26)17(27)11-20(15)30-13)33-21(12-29)23(32-25(33)34)22-14-6-2-3-7-18(14)31-19(22)8-4-5-9-28/h2-3,6-7,10-11,30-31H,4-5,8-9,28H2,1H3,(H,32,34). The van der Waals surface area contributed by atoms with Crippen LogP contribution in [0.5, 0.6) is 0 Å². The zero-order valence-corrected chi connectivity index (χ0v) is 19.9. The number of nitrogens with one attached hydrogen (secondary N) is 3. The molecule has 5 rings (SSSR count). The van der Waals surface area contributed by atoms with Gasteiger partial charge in [-0.05, 0) is 50.9 Å². The highest BCUT2D eigenvalue weighted by molar-refractivity contribution is 6.42. The highest BCUT2D eigenvalue weighted by Gasteiger charge is 2.25. The average molecular weight is 493 g/mol. The molecule has 0 fully saturated rings. The summed E-state index contributed by atoms with van der Waals surface area (Å²) >= 11 is 12.5. The van der Waals surface area contributed by atoms with Gasteiger partial charge in [0.05, 0.1) is 21.4 Å². The number of para-hydroxylation sites is 1. The predicted molar refractivity (Wildman–Crippen MR) is 137 cm³/mol. The molecule has 0 aliphatic heterocycles. The largest absolute Gasteiger partial charge is 0.358 e. The molecule has 0 radical (unpaired) electrons. The van der Waals surface area contributed by atoms with Crippen molar-refractivity contribution in [2.45, 2.75) is 26.2 Å². The minimum atomic E-state index is -0.403. The van der Waals surface area contributed by atoms with Crippen LogP contribution in [0.4, 0.5) is 0 Å². The number of halogens is 2. The van der Waals surface area contributed by atoms with Crippen LogP contribution in [0.2, 0.25) is 10.0 Å². The number of hydrogen-bond donors (Lipinski definition) is 4. The number of rotatable bonds is 6. The molecular weight excluding hydrogens is 471 g/mol. The lowest BCUT2D eigenvalue weighted by Gasteiger charge is -2.07. The van der Waals surface area contributed by atoms with E-state index in [1.165, 1.54) is 4.57 Å². The number of benzene rings is 2. The zero-order chi connectivity index (χ0) is 24.0. The van der Waals surface area contributed by atoms with Gasteiger partial charge in [-0.2, -0.15) is 5.26 Å². The molecule has 34 heavy (non-hydrogen) atoms. The number of fused-ring (bicyclic) bond motifs is 2. The number of nitrogens with zero attached hydrogens (tertiary/aromatic N) is 2. The number of aromatic amines is 3. The van der Waals surface area contributed by atoms with Gasteiger partial charge < -0.3 is 20.7 Å². The van der Waals surface area contributed by atoms with Crippen LogP contribution in [0, 0.1) is 18.3 Å². The Bertz CT molecular complexity index is 1650. The van der Waals surface area contributed by atoms with Crippen molar-refractivity contribution in [1.82, 2.24) is 19.5 Å². The van der Waals surface area contributed by atoms with Gasteiger partial charge in [-0.25, -0.2) is 9.36 Å². The van der Waals surface area contributed by atoms with E-state index in [1.54, 1.807) is 12.1 Å². The van der Waals surface area contributed by atoms with Crippen LogP contribution >= 0.6 is 23.2 Å². The Morgan fingerprint density at radius 1 is 1.03 bits per heavy atom. The summed E-state index contributed by atoms with van der Waals surface area (Å²) in [5.41, 5.74) is 10.8. The van der Waals surface area contributed by atoms with Gasteiger partial charge in [0, 0.05) is 38.8 Å². The Morgan fingerprint density at radius 3 is 2.56 bits per heavy atom. The zero-order valence-electron chi connectivity index (χ0n) is 18.4. The van der Waals surface area contributed by atoms with Gasteiger partial charge in [0.1, 0.15) is 6.07 Å². The normalized spacial score (nSPS) is 11.5. The summed E-state index contributed by atoms with van der Waals surface area (Å²) in [5, 5.41) is 12.7. The number of hydrogen-bond acceptors (Lipinski definition) is 3. The molecule has 5 aromatic rings. The Morgan fingerprint density at radius 2 is 1.79 bits per heavy atom. The van der Waals surface area contributed by atoms with Gasteiger partial charge in [0.25, 0.3) is 0 Å². The molecule has 0 saturated carbocycles. The van der Waals surface area contributed by atoms with Crippen LogP contribution in [-0.4, -0.2) is 26.1 Å². The van der Waals surface area contributed by atoms with Gasteiger partial charge in [-0.3, -0.25) is 0 Å². The van der Waals surface area contributed by atoms with E-state index in [2.05, 4.69) is 21.0 Å². The Balaban J connectivity index is 1.78. The molecule has 3 aromatic heterocycles. The Hall–Kier alpha value is -3.44. The van der Waals surface area contributed by atoms with Crippen molar-refractivity contribution in [1.29, 1.82) is 5.26 Å². The summed E-state index contributed by atoms with van der Waals surface area (Å²) in [6.07, 6.45) is 2.53. The van der Waals surface area contributed by atoms with Crippen LogP contribution in [0.1, 0.15) is 29.9 Å². The quantitative estimate of drug-likeness (QED) is 0.232. The average Bonchev–Trinajstić information content (AvgIpc) is 3.43. The van der Waals surface area contributed by atoms with Gasteiger partial charge in [0.15, 0.2) is 5.69 Å². The molecular formula is C25H22Cl2N6O. The molecule has 0 aliphatic rings. The van der Waals surface area contributed by atoms with Crippen LogP contribution in [-0.2, 0) is 6.42 Å². The van der Waals surface area contributed by atoms with Crippen molar-refractivity contribution in [3.8, 4) is 23.0 Å². The molecule has 172 valence electrons. The fourth-order valence-corrected chi connectivity index (χ4v) is 4.98. The van der Waals surface area contributed by atoms with E-state index in [4.69, 9.17) is 28.9 Å². The second-order valence-electron chi connectivity index (χ2n) is 8.28. The first-order chi connectivity index (χ1) is 16.4. The minimum absolute atomic E-state index is 0.227. The molecule has 0 unspecified atom stereocenters. The topological polar surface area (TPSA) is 119 Å². The van der Waals surface area contributed by atoms with E-state index < -0.39 is 5.69 Å². The monoisotopic (exact) mass is 492 g/mol. The number of aryl methyl sites for hydroxylation is 2. The maximum Gasteiger partial charge on any atom is 0.331 e. The summed E-state index contributed by atoms with van der Waals surface area (Å²) in [4.78, 5) is 23.0. The van der Waals surface area contributed by atoms with E-state index in [1.807, 2.05) is 31.2 Å². The van der Waals surface area contributed by atoms with E-state index >= 15 is 0 Å². The third kappa shape index (κ3) is 3.51. The maximum atomic E-state index is 13.3. The van der Waals surface area contributed by atoms with Crippen molar-refractivity contribution >= 4 is 45.0 Å². The molecule has 0 bridgehead atoms. The van der Waals surface area contributed by atoms with Crippen LogP contribution in [0.25, 0.3) is 38.8 Å². The molecule has 0 aliphatic carbocycles. The van der Waals surface area contributed by atoms with Gasteiger partial charge in [-0.15, -0.1) is 0 Å². The lowest BCUT2D eigenvalue weighted by Crippen LogP contribution is -2.16. The fourth-order valence-electron chi connectivity index (χ4n) is 4.65. The first-order valence-electron chi connectivity index (χ1n) is 11.0. The highest BCUT2D eigenvalue weighted by Crippen LogP contribution is 2.37. The highest BCUT2D eigenvalue weighted by atomic mass is 35.5. The number of unbranched alkanes of at least 4 members (excludes halogenated alkanes) is 1. The molecule has 0 amide bonds. The second kappa shape index (κ2) is 8.73. The van der Waals surface area contributed by atoms with E-state index in [0.29, 0.717) is 33.4 Å².